The quantitative estimate of drug-likeness (QED) is 0.595. The number of fused-ring (bicyclic) bond motifs is 3. The summed E-state index contributed by atoms with van der Waals surface area (Å²) < 4.78 is 0. The summed E-state index contributed by atoms with van der Waals surface area (Å²) in [6.45, 7) is 0. The molecule has 1 aliphatic carbocycles. The molecule has 3 rings (SSSR count). The van der Waals surface area contributed by atoms with E-state index >= 15 is 0 Å². The molecule has 2 aliphatic rings. The monoisotopic (exact) mass is 201 g/mol. The fraction of sp³-hybridized carbons (Fsp3) is 0.333. The molecule has 1 aliphatic heterocycles. The summed E-state index contributed by atoms with van der Waals surface area (Å²) in [6.07, 6.45) is 3.07. The van der Waals surface area contributed by atoms with Gasteiger partial charge in [0.1, 0.15) is 0 Å². The summed E-state index contributed by atoms with van der Waals surface area (Å²) in [7, 11) is 1.55. The van der Waals surface area contributed by atoms with E-state index in [0.717, 1.165) is 24.8 Å². The van der Waals surface area contributed by atoms with Crippen molar-refractivity contribution in [1.29, 1.82) is 0 Å². The van der Waals surface area contributed by atoms with E-state index in [9.17, 15) is 9.59 Å². The van der Waals surface area contributed by atoms with E-state index in [-0.39, 0.29) is 11.8 Å². The van der Waals surface area contributed by atoms with Gasteiger partial charge in [0.2, 0.25) is 0 Å². The third-order valence-corrected chi connectivity index (χ3v) is 3.34. The molecule has 0 unspecified atom stereocenters. The Labute approximate surface area is 87.7 Å². The Morgan fingerprint density at radius 3 is 2.73 bits per heavy atom. The number of rotatable bonds is 0. The van der Waals surface area contributed by atoms with Crippen LogP contribution in [0.25, 0.3) is 0 Å². The molecule has 3 nitrogen and oxygen atoms in total. The molecule has 0 saturated heterocycles. The van der Waals surface area contributed by atoms with Crippen LogP contribution in [0.1, 0.15) is 38.3 Å². The Balaban J connectivity index is 2.31. The van der Waals surface area contributed by atoms with Gasteiger partial charge in [0.25, 0.3) is 11.8 Å². The minimum absolute atomic E-state index is 0.131. The first kappa shape index (κ1) is 8.65. The minimum atomic E-state index is -0.162. The van der Waals surface area contributed by atoms with Crippen molar-refractivity contribution in [3.8, 4) is 0 Å². The summed E-state index contributed by atoms with van der Waals surface area (Å²) in [6, 6.07) is 3.79. The molecule has 0 saturated carbocycles. The van der Waals surface area contributed by atoms with Crippen molar-refractivity contribution in [2.24, 2.45) is 0 Å². The van der Waals surface area contributed by atoms with Crippen molar-refractivity contribution >= 4 is 11.8 Å². The number of benzene rings is 1. The number of aryl methyl sites for hydroxylation is 1. The van der Waals surface area contributed by atoms with Gasteiger partial charge in [0.05, 0.1) is 11.1 Å². The van der Waals surface area contributed by atoms with E-state index in [0.29, 0.717) is 11.1 Å². The Bertz CT molecular complexity index is 491. The zero-order chi connectivity index (χ0) is 10.6. The standard InChI is InChI=1S/C12H11NO2/c1-13-11(14)9-6-5-7-3-2-4-8(7)10(9)12(13)15/h5-6H,2-4H2,1H3. The average molecular weight is 201 g/mol. The van der Waals surface area contributed by atoms with Gasteiger partial charge in [-0.3, -0.25) is 14.5 Å². The second-order valence-corrected chi connectivity index (χ2v) is 4.15. The summed E-state index contributed by atoms with van der Waals surface area (Å²) in [5, 5.41) is 0. The maximum absolute atomic E-state index is 11.9. The Kier molecular flexibility index (Phi) is 1.55. The molecule has 0 aromatic heterocycles. The number of nitrogens with zero attached hydrogens (tertiary/aromatic N) is 1. The van der Waals surface area contributed by atoms with E-state index in [1.165, 1.54) is 10.5 Å². The van der Waals surface area contributed by atoms with Gasteiger partial charge in [-0.05, 0) is 36.5 Å². The summed E-state index contributed by atoms with van der Waals surface area (Å²) in [5.74, 6) is -0.293. The van der Waals surface area contributed by atoms with E-state index in [4.69, 9.17) is 0 Å². The summed E-state index contributed by atoms with van der Waals surface area (Å²) in [4.78, 5) is 24.8. The van der Waals surface area contributed by atoms with Crippen molar-refractivity contribution in [2.45, 2.75) is 19.3 Å². The zero-order valence-electron chi connectivity index (χ0n) is 8.54. The molecule has 15 heavy (non-hydrogen) atoms. The molecular weight excluding hydrogens is 190 g/mol. The minimum Gasteiger partial charge on any atom is -0.277 e. The molecule has 76 valence electrons. The molecule has 0 N–H and O–H groups in total. The number of imide groups is 1. The van der Waals surface area contributed by atoms with Crippen molar-refractivity contribution in [3.05, 3.63) is 34.4 Å². The first-order chi connectivity index (χ1) is 7.20. The second-order valence-electron chi connectivity index (χ2n) is 4.15. The predicted molar refractivity (Wildman–Crippen MR) is 54.9 cm³/mol. The SMILES string of the molecule is CN1C(=O)c2ccc3c(c2C1=O)CCC3. The number of carbonyl (C=O) groups excluding carboxylic acids is 2. The highest BCUT2D eigenvalue weighted by atomic mass is 16.2. The van der Waals surface area contributed by atoms with Crippen LogP contribution < -0.4 is 0 Å². The highest BCUT2D eigenvalue weighted by Crippen LogP contribution is 2.32. The second kappa shape index (κ2) is 2.69. The van der Waals surface area contributed by atoms with Gasteiger partial charge in [0, 0.05) is 7.05 Å². The van der Waals surface area contributed by atoms with Crippen LogP contribution >= 0.6 is 0 Å². The topological polar surface area (TPSA) is 37.4 Å². The van der Waals surface area contributed by atoms with Gasteiger partial charge >= 0.3 is 0 Å². The number of hydrogen-bond donors (Lipinski definition) is 0. The lowest BCUT2D eigenvalue weighted by Gasteiger charge is -2.04. The third-order valence-electron chi connectivity index (χ3n) is 3.34. The van der Waals surface area contributed by atoms with Crippen LogP contribution in [0.4, 0.5) is 0 Å². The predicted octanol–water partition coefficient (Wildman–Crippen LogP) is 1.40. The van der Waals surface area contributed by atoms with Gasteiger partial charge in [0.15, 0.2) is 0 Å². The zero-order valence-corrected chi connectivity index (χ0v) is 8.54. The molecular formula is C12H11NO2. The normalized spacial score (nSPS) is 18.3. The summed E-state index contributed by atoms with van der Waals surface area (Å²) >= 11 is 0. The fourth-order valence-electron chi connectivity index (χ4n) is 2.53. The Morgan fingerprint density at radius 2 is 1.93 bits per heavy atom. The molecule has 0 spiro atoms. The number of amides is 2. The van der Waals surface area contributed by atoms with E-state index in [2.05, 4.69) is 0 Å². The van der Waals surface area contributed by atoms with Crippen molar-refractivity contribution < 1.29 is 9.59 Å². The van der Waals surface area contributed by atoms with Crippen LogP contribution in [0.2, 0.25) is 0 Å². The largest absolute Gasteiger partial charge is 0.277 e. The molecule has 0 radical (unpaired) electrons. The first-order valence-electron chi connectivity index (χ1n) is 5.17. The van der Waals surface area contributed by atoms with Crippen molar-refractivity contribution in [3.63, 3.8) is 0 Å². The first-order valence-corrected chi connectivity index (χ1v) is 5.17. The fourth-order valence-corrected chi connectivity index (χ4v) is 2.53. The Hall–Kier alpha value is -1.64. The molecule has 1 heterocycles. The lowest BCUT2D eigenvalue weighted by atomic mass is 9.99. The lowest BCUT2D eigenvalue weighted by Crippen LogP contribution is -2.24. The molecule has 1 aromatic carbocycles. The van der Waals surface area contributed by atoms with Crippen molar-refractivity contribution in [2.75, 3.05) is 7.05 Å². The molecule has 3 heteroatoms. The van der Waals surface area contributed by atoms with Gasteiger partial charge < -0.3 is 0 Å². The molecule has 0 bridgehead atoms. The maximum Gasteiger partial charge on any atom is 0.261 e. The molecule has 2 amide bonds. The van der Waals surface area contributed by atoms with Gasteiger partial charge in [-0.15, -0.1) is 0 Å². The van der Waals surface area contributed by atoms with Crippen LogP contribution in [0.3, 0.4) is 0 Å². The highest BCUT2D eigenvalue weighted by molar-refractivity contribution is 6.22. The lowest BCUT2D eigenvalue weighted by molar-refractivity contribution is 0.0693. The van der Waals surface area contributed by atoms with Crippen LogP contribution in [0.5, 0.6) is 0 Å². The average Bonchev–Trinajstić information content (AvgIpc) is 2.78. The third kappa shape index (κ3) is 0.950. The van der Waals surface area contributed by atoms with Crippen molar-refractivity contribution in [1.82, 2.24) is 4.90 Å². The molecule has 1 aromatic rings. The molecule has 0 atom stereocenters. The van der Waals surface area contributed by atoms with E-state index in [1.807, 2.05) is 6.07 Å². The van der Waals surface area contributed by atoms with Gasteiger partial charge in [-0.2, -0.15) is 0 Å². The Morgan fingerprint density at radius 1 is 1.13 bits per heavy atom. The van der Waals surface area contributed by atoms with Crippen LogP contribution in [0.15, 0.2) is 12.1 Å². The number of carbonyl (C=O) groups is 2. The van der Waals surface area contributed by atoms with Gasteiger partial charge in [-0.1, -0.05) is 6.07 Å². The van der Waals surface area contributed by atoms with Crippen LogP contribution in [-0.2, 0) is 12.8 Å². The smallest absolute Gasteiger partial charge is 0.261 e. The van der Waals surface area contributed by atoms with E-state index < -0.39 is 0 Å². The summed E-state index contributed by atoms with van der Waals surface area (Å²) in [5.41, 5.74) is 3.60. The molecule has 0 fully saturated rings. The maximum atomic E-state index is 11.9. The van der Waals surface area contributed by atoms with Crippen LogP contribution in [-0.4, -0.2) is 23.8 Å². The van der Waals surface area contributed by atoms with Crippen LogP contribution in [0, 0.1) is 0 Å². The highest BCUT2D eigenvalue weighted by Gasteiger charge is 2.36. The number of hydrogen-bond acceptors (Lipinski definition) is 2. The van der Waals surface area contributed by atoms with E-state index in [1.54, 1.807) is 13.1 Å². The van der Waals surface area contributed by atoms with Gasteiger partial charge in [-0.25, -0.2) is 0 Å².